The van der Waals surface area contributed by atoms with E-state index in [2.05, 4.69) is 17.0 Å². The lowest BCUT2D eigenvalue weighted by Gasteiger charge is -2.04. The average molecular weight is 273 g/mol. The van der Waals surface area contributed by atoms with Gasteiger partial charge in [-0.15, -0.1) is 6.58 Å². The minimum Gasteiger partial charge on any atom is -0.347 e. The number of nitrogens with one attached hydrogen (secondary N) is 1. The maximum absolute atomic E-state index is 13.9. The second-order valence-corrected chi connectivity index (χ2v) is 4.52. The van der Waals surface area contributed by atoms with Crippen molar-refractivity contribution in [3.8, 4) is 11.3 Å². The molecule has 0 aliphatic carbocycles. The van der Waals surface area contributed by atoms with Crippen molar-refractivity contribution >= 4 is 5.91 Å². The Morgan fingerprint density at radius 3 is 2.95 bits per heavy atom. The van der Waals surface area contributed by atoms with Crippen LogP contribution in [0.2, 0.25) is 0 Å². The fourth-order valence-electron chi connectivity index (χ4n) is 1.92. The molecule has 20 heavy (non-hydrogen) atoms. The standard InChI is InChI=1S/C15H16FN3O/c1-4-7-17-15(20)13-9-14(19(3)18-13)11-8-10(2)5-6-12(11)16/h4-6,8-9H,1,7H2,2-3H3,(H,17,20). The Morgan fingerprint density at radius 1 is 1.50 bits per heavy atom. The molecule has 1 heterocycles. The summed E-state index contributed by atoms with van der Waals surface area (Å²) in [6.07, 6.45) is 1.59. The largest absolute Gasteiger partial charge is 0.347 e. The molecule has 2 rings (SSSR count). The Labute approximate surface area is 116 Å². The first-order chi connectivity index (χ1) is 9.52. The van der Waals surface area contributed by atoms with E-state index in [-0.39, 0.29) is 17.4 Å². The summed E-state index contributed by atoms with van der Waals surface area (Å²) in [6, 6.07) is 6.43. The normalized spacial score (nSPS) is 10.3. The molecule has 5 heteroatoms. The van der Waals surface area contributed by atoms with E-state index < -0.39 is 0 Å². The second kappa shape index (κ2) is 5.69. The number of amides is 1. The van der Waals surface area contributed by atoms with E-state index in [0.29, 0.717) is 17.8 Å². The fraction of sp³-hybridized carbons (Fsp3) is 0.200. The van der Waals surface area contributed by atoms with Crippen LogP contribution in [0.1, 0.15) is 16.1 Å². The van der Waals surface area contributed by atoms with Crippen LogP contribution in [-0.2, 0) is 7.05 Å². The Morgan fingerprint density at radius 2 is 2.25 bits per heavy atom. The van der Waals surface area contributed by atoms with E-state index >= 15 is 0 Å². The molecule has 0 radical (unpaired) electrons. The van der Waals surface area contributed by atoms with Crippen LogP contribution in [0, 0.1) is 12.7 Å². The van der Waals surface area contributed by atoms with E-state index in [1.807, 2.05) is 6.92 Å². The lowest BCUT2D eigenvalue weighted by atomic mass is 10.1. The Bertz CT molecular complexity index is 661. The predicted molar refractivity (Wildman–Crippen MR) is 75.9 cm³/mol. The van der Waals surface area contributed by atoms with Gasteiger partial charge in [0.05, 0.1) is 5.69 Å². The summed E-state index contributed by atoms with van der Waals surface area (Å²) in [6.45, 7) is 5.78. The quantitative estimate of drug-likeness (QED) is 0.870. The van der Waals surface area contributed by atoms with Gasteiger partial charge in [0.15, 0.2) is 5.69 Å². The molecule has 0 bridgehead atoms. The predicted octanol–water partition coefficient (Wildman–Crippen LogP) is 2.45. The van der Waals surface area contributed by atoms with Gasteiger partial charge in [0.1, 0.15) is 5.82 Å². The maximum atomic E-state index is 13.9. The summed E-state index contributed by atoms with van der Waals surface area (Å²) in [5.41, 5.74) is 2.20. The van der Waals surface area contributed by atoms with E-state index in [0.717, 1.165) is 5.56 Å². The number of aryl methyl sites for hydroxylation is 2. The zero-order valence-electron chi connectivity index (χ0n) is 11.5. The molecular weight excluding hydrogens is 257 g/mol. The van der Waals surface area contributed by atoms with Gasteiger partial charge in [-0.2, -0.15) is 5.10 Å². The fourth-order valence-corrected chi connectivity index (χ4v) is 1.92. The number of hydrogen-bond acceptors (Lipinski definition) is 2. The van der Waals surface area contributed by atoms with Gasteiger partial charge in [0, 0.05) is 19.2 Å². The number of nitrogens with zero attached hydrogens (tertiary/aromatic N) is 2. The van der Waals surface area contributed by atoms with E-state index in [1.54, 1.807) is 31.3 Å². The van der Waals surface area contributed by atoms with E-state index in [1.165, 1.54) is 10.7 Å². The van der Waals surface area contributed by atoms with Gasteiger partial charge in [0.25, 0.3) is 5.91 Å². The number of hydrogen-bond donors (Lipinski definition) is 1. The molecule has 1 aromatic heterocycles. The molecular formula is C15H16FN3O. The summed E-state index contributed by atoms with van der Waals surface area (Å²) < 4.78 is 15.4. The molecule has 1 N–H and O–H groups in total. The highest BCUT2D eigenvalue weighted by atomic mass is 19.1. The van der Waals surface area contributed by atoms with Gasteiger partial charge >= 0.3 is 0 Å². The lowest BCUT2D eigenvalue weighted by Crippen LogP contribution is -2.23. The van der Waals surface area contributed by atoms with Crippen molar-refractivity contribution in [2.45, 2.75) is 6.92 Å². The smallest absolute Gasteiger partial charge is 0.272 e. The molecule has 4 nitrogen and oxygen atoms in total. The van der Waals surface area contributed by atoms with Crippen LogP contribution in [0.15, 0.2) is 36.9 Å². The summed E-state index contributed by atoms with van der Waals surface area (Å²) in [5, 5.41) is 6.75. The van der Waals surface area contributed by atoms with Crippen LogP contribution in [0.3, 0.4) is 0 Å². The van der Waals surface area contributed by atoms with Crippen molar-refractivity contribution in [3.63, 3.8) is 0 Å². The summed E-state index contributed by atoms with van der Waals surface area (Å²) >= 11 is 0. The second-order valence-electron chi connectivity index (χ2n) is 4.52. The van der Waals surface area contributed by atoms with Crippen molar-refractivity contribution in [3.05, 3.63) is 54.0 Å². The first-order valence-corrected chi connectivity index (χ1v) is 6.22. The van der Waals surface area contributed by atoms with Gasteiger partial charge in [-0.1, -0.05) is 17.7 Å². The van der Waals surface area contributed by atoms with Crippen molar-refractivity contribution in [1.29, 1.82) is 0 Å². The number of rotatable bonds is 4. The van der Waals surface area contributed by atoms with E-state index in [9.17, 15) is 9.18 Å². The minimum absolute atomic E-state index is 0.255. The maximum Gasteiger partial charge on any atom is 0.272 e. The Hall–Kier alpha value is -2.43. The molecule has 0 spiro atoms. The molecule has 2 aromatic rings. The number of carbonyl (C=O) groups excluding carboxylic acids is 1. The van der Waals surface area contributed by atoms with Crippen LogP contribution >= 0.6 is 0 Å². The third-order valence-electron chi connectivity index (χ3n) is 2.92. The molecule has 0 atom stereocenters. The number of benzene rings is 1. The molecule has 0 saturated carbocycles. The lowest BCUT2D eigenvalue weighted by molar-refractivity contribution is 0.0952. The third kappa shape index (κ3) is 2.77. The summed E-state index contributed by atoms with van der Waals surface area (Å²) in [5.74, 6) is -0.642. The Balaban J connectivity index is 2.39. The zero-order chi connectivity index (χ0) is 14.7. The third-order valence-corrected chi connectivity index (χ3v) is 2.92. The first kappa shape index (κ1) is 14.0. The van der Waals surface area contributed by atoms with Crippen LogP contribution in [0.25, 0.3) is 11.3 Å². The van der Waals surface area contributed by atoms with Crippen LogP contribution in [0.5, 0.6) is 0 Å². The highest BCUT2D eigenvalue weighted by Gasteiger charge is 2.15. The number of halogens is 1. The highest BCUT2D eigenvalue weighted by molar-refractivity contribution is 5.93. The molecule has 0 unspecified atom stereocenters. The van der Waals surface area contributed by atoms with Gasteiger partial charge in [-0.3, -0.25) is 9.48 Å². The van der Waals surface area contributed by atoms with E-state index in [4.69, 9.17) is 0 Å². The van der Waals surface area contributed by atoms with Gasteiger partial charge in [-0.25, -0.2) is 4.39 Å². The summed E-state index contributed by atoms with van der Waals surface area (Å²) in [4.78, 5) is 11.8. The van der Waals surface area contributed by atoms with Crippen molar-refractivity contribution < 1.29 is 9.18 Å². The number of carbonyl (C=O) groups is 1. The first-order valence-electron chi connectivity index (χ1n) is 6.22. The van der Waals surface area contributed by atoms with Crippen molar-refractivity contribution in [2.75, 3.05) is 6.54 Å². The molecule has 0 saturated heterocycles. The minimum atomic E-state index is -0.336. The Kier molecular flexibility index (Phi) is 3.98. The van der Waals surface area contributed by atoms with Crippen LogP contribution in [-0.4, -0.2) is 22.2 Å². The SMILES string of the molecule is C=CCNC(=O)c1cc(-c2cc(C)ccc2F)n(C)n1. The highest BCUT2D eigenvalue weighted by Crippen LogP contribution is 2.24. The number of aromatic nitrogens is 2. The molecule has 1 aromatic carbocycles. The van der Waals surface area contributed by atoms with Gasteiger partial charge in [-0.05, 0) is 25.1 Å². The molecule has 0 fully saturated rings. The molecule has 1 amide bonds. The van der Waals surface area contributed by atoms with Gasteiger partial charge in [0.2, 0.25) is 0 Å². The molecule has 0 aliphatic heterocycles. The molecule has 0 aliphatic rings. The van der Waals surface area contributed by atoms with Crippen molar-refractivity contribution in [2.24, 2.45) is 7.05 Å². The summed E-state index contributed by atoms with van der Waals surface area (Å²) in [7, 11) is 1.68. The topological polar surface area (TPSA) is 46.9 Å². The average Bonchev–Trinajstić information content (AvgIpc) is 2.81. The molecule has 104 valence electrons. The van der Waals surface area contributed by atoms with Crippen LogP contribution < -0.4 is 5.32 Å². The zero-order valence-corrected chi connectivity index (χ0v) is 11.5. The van der Waals surface area contributed by atoms with Crippen molar-refractivity contribution in [1.82, 2.24) is 15.1 Å². The van der Waals surface area contributed by atoms with Crippen LogP contribution in [0.4, 0.5) is 4.39 Å². The van der Waals surface area contributed by atoms with Gasteiger partial charge < -0.3 is 5.32 Å². The monoisotopic (exact) mass is 273 g/mol.